The van der Waals surface area contributed by atoms with Gasteiger partial charge in [0.25, 0.3) is 0 Å². The van der Waals surface area contributed by atoms with Gasteiger partial charge in [0.2, 0.25) is 5.91 Å². The van der Waals surface area contributed by atoms with Gasteiger partial charge in [-0.3, -0.25) is 4.79 Å². The monoisotopic (exact) mass is 394 g/mol. The third kappa shape index (κ3) is 4.54. The van der Waals surface area contributed by atoms with Crippen molar-refractivity contribution in [3.8, 4) is 17.3 Å². The Labute approximate surface area is 166 Å². The first-order valence-electron chi connectivity index (χ1n) is 8.34. The van der Waals surface area contributed by atoms with Gasteiger partial charge < -0.3 is 5.32 Å². The molecular weight excluding hydrogens is 376 g/mol. The van der Waals surface area contributed by atoms with Crippen LogP contribution in [0.3, 0.4) is 0 Å². The van der Waals surface area contributed by atoms with Crippen molar-refractivity contribution < 1.29 is 4.79 Å². The summed E-state index contributed by atoms with van der Waals surface area (Å²) in [5, 5.41) is 14.9. The molecule has 0 spiro atoms. The second kappa shape index (κ2) is 8.33. The predicted molar refractivity (Wildman–Crippen MR) is 110 cm³/mol. The highest BCUT2D eigenvalue weighted by Crippen LogP contribution is 2.29. The maximum Gasteiger partial charge on any atom is 0.239 e. The minimum atomic E-state index is -0.408. The summed E-state index contributed by atoms with van der Waals surface area (Å²) < 4.78 is 0. The van der Waals surface area contributed by atoms with Gasteiger partial charge in [0.1, 0.15) is 11.1 Å². The lowest BCUT2D eigenvalue weighted by molar-refractivity contribution is -0.115. The van der Waals surface area contributed by atoms with Gasteiger partial charge in [-0.25, -0.2) is 9.97 Å². The lowest BCUT2D eigenvalue weighted by Gasteiger charge is -2.12. The smallest absolute Gasteiger partial charge is 0.239 e. The average molecular weight is 395 g/mol. The summed E-state index contributed by atoms with van der Waals surface area (Å²) in [4.78, 5) is 21.5. The summed E-state index contributed by atoms with van der Waals surface area (Å²) in [6.07, 6.45) is 0. The average Bonchev–Trinajstić information content (AvgIpc) is 3.10. The first-order valence-corrected chi connectivity index (χ1v) is 10.1. The molecular formula is C20H18N4OS2. The van der Waals surface area contributed by atoms with Crippen LogP contribution in [-0.2, 0) is 4.79 Å². The normalized spacial score (nSPS) is 11.6. The Hall–Kier alpha value is -2.69. The Balaban J connectivity index is 1.71. The summed E-state index contributed by atoms with van der Waals surface area (Å²) in [5.41, 5.74) is 4.06. The van der Waals surface area contributed by atoms with E-state index in [1.807, 2.05) is 55.6 Å². The van der Waals surface area contributed by atoms with E-state index in [1.165, 1.54) is 23.1 Å². The van der Waals surface area contributed by atoms with Crippen LogP contribution < -0.4 is 5.32 Å². The standard InChI is InChI=1S/C20H18N4OS2/c1-12-9-13(2)22-19(16(12)10-21)27-14(3)18(25)24-20-23-17(11-26-20)15-7-5-4-6-8-15/h4-9,11,14H,1-3H3,(H,23,24,25)/t14-/m1/s1. The second-order valence-electron chi connectivity index (χ2n) is 6.03. The third-order valence-electron chi connectivity index (χ3n) is 3.88. The number of nitrogens with one attached hydrogen (secondary N) is 1. The maximum absolute atomic E-state index is 12.6. The fraction of sp³-hybridized carbons (Fsp3) is 0.200. The molecule has 27 heavy (non-hydrogen) atoms. The Morgan fingerprint density at radius 1 is 1.26 bits per heavy atom. The Morgan fingerprint density at radius 2 is 2.00 bits per heavy atom. The van der Waals surface area contributed by atoms with E-state index < -0.39 is 5.25 Å². The fourth-order valence-corrected chi connectivity index (χ4v) is 4.27. The summed E-state index contributed by atoms with van der Waals surface area (Å²) >= 11 is 2.67. The van der Waals surface area contributed by atoms with Gasteiger partial charge in [-0.1, -0.05) is 42.1 Å². The molecule has 3 aromatic rings. The van der Waals surface area contributed by atoms with Crippen molar-refractivity contribution in [2.24, 2.45) is 0 Å². The number of hydrogen-bond donors (Lipinski definition) is 1. The molecule has 0 unspecified atom stereocenters. The van der Waals surface area contributed by atoms with Crippen LogP contribution in [0.15, 0.2) is 46.8 Å². The molecule has 0 radical (unpaired) electrons. The van der Waals surface area contributed by atoms with Gasteiger partial charge in [0, 0.05) is 16.6 Å². The number of benzene rings is 1. The van der Waals surface area contributed by atoms with Gasteiger partial charge in [-0.15, -0.1) is 11.3 Å². The Kier molecular flexibility index (Phi) is 5.89. The molecule has 3 rings (SSSR count). The molecule has 0 saturated heterocycles. The minimum absolute atomic E-state index is 0.168. The first kappa shape index (κ1) is 19.1. The van der Waals surface area contributed by atoms with Gasteiger partial charge in [0.15, 0.2) is 5.13 Å². The van der Waals surface area contributed by atoms with Crippen LogP contribution >= 0.6 is 23.1 Å². The summed E-state index contributed by atoms with van der Waals surface area (Å²) in [5.74, 6) is -0.168. The van der Waals surface area contributed by atoms with Crippen LogP contribution in [0.5, 0.6) is 0 Å². The lowest BCUT2D eigenvalue weighted by atomic mass is 10.1. The summed E-state index contributed by atoms with van der Waals surface area (Å²) in [6.45, 7) is 5.55. The van der Waals surface area contributed by atoms with Crippen LogP contribution in [0, 0.1) is 25.2 Å². The Bertz CT molecular complexity index is 1010. The van der Waals surface area contributed by atoms with Crippen molar-refractivity contribution in [3.05, 3.63) is 58.6 Å². The quantitative estimate of drug-likeness (QED) is 0.628. The molecule has 0 bridgehead atoms. The first-order chi connectivity index (χ1) is 13.0. The van der Waals surface area contributed by atoms with E-state index in [4.69, 9.17) is 0 Å². The molecule has 2 aromatic heterocycles. The number of thioether (sulfide) groups is 1. The summed E-state index contributed by atoms with van der Waals surface area (Å²) in [7, 11) is 0. The van der Waals surface area contributed by atoms with Crippen LogP contribution in [-0.4, -0.2) is 21.1 Å². The molecule has 0 aliphatic heterocycles. The van der Waals surface area contributed by atoms with E-state index in [1.54, 1.807) is 6.92 Å². The van der Waals surface area contributed by atoms with Gasteiger partial charge in [0.05, 0.1) is 16.5 Å². The summed E-state index contributed by atoms with van der Waals surface area (Å²) in [6, 6.07) is 13.9. The van der Waals surface area contributed by atoms with E-state index in [0.29, 0.717) is 15.7 Å². The molecule has 7 heteroatoms. The molecule has 136 valence electrons. The molecule has 1 aromatic carbocycles. The highest BCUT2D eigenvalue weighted by atomic mass is 32.2. The number of nitriles is 1. The van der Waals surface area contributed by atoms with E-state index in [-0.39, 0.29) is 5.91 Å². The van der Waals surface area contributed by atoms with Crippen molar-refractivity contribution in [3.63, 3.8) is 0 Å². The largest absolute Gasteiger partial charge is 0.301 e. The molecule has 0 saturated carbocycles. The van der Waals surface area contributed by atoms with Crippen molar-refractivity contribution in [2.75, 3.05) is 5.32 Å². The van der Waals surface area contributed by atoms with Crippen LogP contribution in [0.25, 0.3) is 11.3 Å². The highest BCUT2D eigenvalue weighted by Gasteiger charge is 2.20. The minimum Gasteiger partial charge on any atom is -0.301 e. The number of carbonyl (C=O) groups is 1. The number of pyridine rings is 1. The number of thiazole rings is 1. The third-order valence-corrected chi connectivity index (χ3v) is 5.73. The van der Waals surface area contributed by atoms with Crippen molar-refractivity contribution in [2.45, 2.75) is 31.0 Å². The molecule has 1 N–H and O–H groups in total. The Morgan fingerprint density at radius 3 is 2.70 bits per heavy atom. The molecule has 0 fully saturated rings. The second-order valence-corrected chi connectivity index (χ2v) is 8.21. The molecule has 2 heterocycles. The van der Waals surface area contributed by atoms with E-state index in [0.717, 1.165) is 22.5 Å². The van der Waals surface area contributed by atoms with Crippen LogP contribution in [0.2, 0.25) is 0 Å². The van der Waals surface area contributed by atoms with Crippen LogP contribution in [0.1, 0.15) is 23.7 Å². The van der Waals surface area contributed by atoms with Gasteiger partial charge >= 0.3 is 0 Å². The van der Waals surface area contributed by atoms with Crippen molar-refractivity contribution >= 4 is 34.1 Å². The number of nitrogens with zero attached hydrogens (tertiary/aromatic N) is 3. The number of hydrogen-bond acceptors (Lipinski definition) is 6. The van der Waals surface area contributed by atoms with Gasteiger partial charge in [-0.05, 0) is 32.4 Å². The fourth-order valence-electron chi connectivity index (χ4n) is 2.52. The molecule has 0 aliphatic rings. The number of aromatic nitrogens is 2. The molecule has 1 amide bonds. The number of carbonyl (C=O) groups excluding carboxylic acids is 1. The number of anilines is 1. The maximum atomic E-state index is 12.6. The van der Waals surface area contributed by atoms with E-state index in [9.17, 15) is 10.1 Å². The lowest BCUT2D eigenvalue weighted by Crippen LogP contribution is -2.22. The zero-order chi connectivity index (χ0) is 19.4. The van der Waals surface area contributed by atoms with Crippen LogP contribution in [0.4, 0.5) is 5.13 Å². The molecule has 0 aliphatic carbocycles. The number of amides is 1. The molecule has 1 atom stereocenters. The molecule has 5 nitrogen and oxygen atoms in total. The topological polar surface area (TPSA) is 78.7 Å². The van der Waals surface area contributed by atoms with Gasteiger partial charge in [-0.2, -0.15) is 5.26 Å². The number of rotatable bonds is 5. The highest BCUT2D eigenvalue weighted by molar-refractivity contribution is 8.00. The predicted octanol–water partition coefficient (Wildman–Crippen LogP) is 4.81. The van der Waals surface area contributed by atoms with E-state index >= 15 is 0 Å². The number of aryl methyl sites for hydroxylation is 2. The van der Waals surface area contributed by atoms with Crippen molar-refractivity contribution in [1.29, 1.82) is 5.26 Å². The van der Waals surface area contributed by atoms with E-state index in [2.05, 4.69) is 21.4 Å². The zero-order valence-corrected chi connectivity index (χ0v) is 16.8. The van der Waals surface area contributed by atoms with Crippen molar-refractivity contribution in [1.82, 2.24) is 9.97 Å². The SMILES string of the molecule is Cc1cc(C)c(C#N)c(S[C@H](C)C(=O)Nc2nc(-c3ccccc3)cs2)n1. The zero-order valence-electron chi connectivity index (χ0n) is 15.2.